The number of allylic oxidation sites excluding steroid dienone is 3. The van der Waals surface area contributed by atoms with E-state index in [4.69, 9.17) is 0 Å². The quantitative estimate of drug-likeness (QED) is 0.439. The van der Waals surface area contributed by atoms with Crippen LogP contribution in [0.4, 0.5) is 0 Å². The fourth-order valence-corrected chi connectivity index (χ4v) is 8.93. The minimum absolute atomic E-state index is 0.0465. The normalized spacial score (nSPS) is 45.0. The molecule has 30 heavy (non-hydrogen) atoms. The zero-order valence-electron chi connectivity index (χ0n) is 20.6. The minimum Gasteiger partial charge on any atom is -0.393 e. The van der Waals surface area contributed by atoms with Gasteiger partial charge in [0.05, 0.1) is 6.10 Å². The molecule has 4 rings (SSSR count). The van der Waals surface area contributed by atoms with Gasteiger partial charge in [0.15, 0.2) is 0 Å². The van der Waals surface area contributed by atoms with E-state index in [1.807, 2.05) is 5.57 Å². The number of aliphatic hydroxyl groups is 1. The van der Waals surface area contributed by atoms with Crippen LogP contribution in [0.5, 0.6) is 0 Å². The number of hydrogen-bond acceptors (Lipinski definition) is 1. The molecule has 0 heterocycles. The van der Waals surface area contributed by atoms with Crippen LogP contribution < -0.4 is 0 Å². The molecule has 0 saturated heterocycles. The summed E-state index contributed by atoms with van der Waals surface area (Å²) in [6.07, 6.45) is 16.8. The highest BCUT2D eigenvalue weighted by molar-refractivity contribution is 5.27. The van der Waals surface area contributed by atoms with E-state index in [0.717, 1.165) is 36.5 Å². The van der Waals surface area contributed by atoms with Gasteiger partial charge in [0.1, 0.15) is 0 Å². The summed E-state index contributed by atoms with van der Waals surface area (Å²) in [7, 11) is 0. The van der Waals surface area contributed by atoms with Crippen molar-refractivity contribution in [1.29, 1.82) is 0 Å². The Kier molecular flexibility index (Phi) is 6.35. The molecule has 0 aromatic carbocycles. The van der Waals surface area contributed by atoms with Gasteiger partial charge < -0.3 is 5.11 Å². The maximum absolute atomic E-state index is 10.3. The van der Waals surface area contributed by atoms with Crippen molar-refractivity contribution in [2.45, 2.75) is 111 Å². The number of aliphatic hydroxyl groups excluding tert-OH is 1. The molecule has 0 aromatic heterocycles. The van der Waals surface area contributed by atoms with Crippen LogP contribution in [-0.2, 0) is 0 Å². The molecule has 170 valence electrons. The lowest BCUT2D eigenvalue weighted by Crippen LogP contribution is -2.49. The molecule has 3 fully saturated rings. The van der Waals surface area contributed by atoms with Gasteiger partial charge in [0, 0.05) is 0 Å². The van der Waals surface area contributed by atoms with E-state index in [1.54, 1.807) is 0 Å². The molecular weight excluding hydrogens is 364 g/mol. The van der Waals surface area contributed by atoms with Gasteiger partial charge in [-0.05, 0) is 124 Å². The summed E-state index contributed by atoms with van der Waals surface area (Å²) in [5.41, 5.74) is 4.21. The monoisotopic (exact) mass is 412 g/mol. The highest BCUT2D eigenvalue weighted by atomic mass is 16.3. The molecule has 1 N–H and O–H groups in total. The Balaban J connectivity index is 1.49. The third kappa shape index (κ3) is 3.66. The molecule has 0 radical (unpaired) electrons. The van der Waals surface area contributed by atoms with Crippen LogP contribution in [0.25, 0.3) is 0 Å². The van der Waals surface area contributed by atoms with Gasteiger partial charge in [-0.25, -0.2) is 0 Å². The molecule has 1 nitrogen and oxygen atoms in total. The van der Waals surface area contributed by atoms with Gasteiger partial charge in [-0.1, -0.05) is 51.5 Å². The average Bonchev–Trinajstić information content (AvgIpc) is 3.06. The molecule has 0 bridgehead atoms. The first-order valence-electron chi connectivity index (χ1n) is 13.2. The molecule has 9 atom stereocenters. The van der Waals surface area contributed by atoms with Gasteiger partial charge in [0.2, 0.25) is 0 Å². The molecule has 0 aromatic rings. The molecule has 0 unspecified atom stereocenters. The second kappa shape index (κ2) is 8.42. The lowest BCUT2D eigenvalue weighted by molar-refractivity contribution is -0.0428. The predicted octanol–water partition coefficient (Wildman–Crippen LogP) is 7.94. The maximum atomic E-state index is 10.3. The first-order chi connectivity index (χ1) is 14.2. The van der Waals surface area contributed by atoms with E-state index in [-0.39, 0.29) is 6.10 Å². The van der Waals surface area contributed by atoms with Crippen LogP contribution in [0.1, 0.15) is 105 Å². The van der Waals surface area contributed by atoms with E-state index >= 15 is 0 Å². The summed E-state index contributed by atoms with van der Waals surface area (Å²) in [5, 5.41) is 10.3. The Morgan fingerprint density at radius 3 is 2.50 bits per heavy atom. The Morgan fingerprint density at radius 1 is 1.10 bits per heavy atom. The number of rotatable bonds is 6. The summed E-state index contributed by atoms with van der Waals surface area (Å²) in [6.45, 7) is 16.6. The summed E-state index contributed by atoms with van der Waals surface area (Å²) in [4.78, 5) is 0. The molecular formula is C29H48O. The van der Waals surface area contributed by atoms with Gasteiger partial charge in [-0.3, -0.25) is 0 Å². The standard InChI is InChI=1S/C29H48O/c1-7-21(19(2)3)9-8-20(4)25-12-13-26-24-11-10-22-18-23(30)14-16-28(22,5)27(24)15-17-29(25,26)6/h11,20-23,25-27,30H,2,7-10,12-18H2,1,3-6H3/t20-,21+,22+,23+,25-,26+,27+,28+,29-/m1/s1. The third-order valence-corrected chi connectivity index (χ3v) is 11.0. The van der Waals surface area contributed by atoms with Crippen molar-refractivity contribution in [3.8, 4) is 0 Å². The minimum atomic E-state index is -0.0465. The maximum Gasteiger partial charge on any atom is 0.0543 e. The fourth-order valence-electron chi connectivity index (χ4n) is 8.93. The third-order valence-electron chi connectivity index (χ3n) is 11.0. The first-order valence-corrected chi connectivity index (χ1v) is 13.2. The highest BCUT2D eigenvalue weighted by Crippen LogP contribution is 2.67. The largest absolute Gasteiger partial charge is 0.393 e. The summed E-state index contributed by atoms with van der Waals surface area (Å²) < 4.78 is 0. The van der Waals surface area contributed by atoms with Gasteiger partial charge in [0.25, 0.3) is 0 Å². The zero-order chi connectivity index (χ0) is 21.7. The first kappa shape index (κ1) is 22.6. The lowest BCUT2D eigenvalue weighted by atomic mass is 9.47. The number of hydrogen-bond donors (Lipinski definition) is 1. The Bertz CT molecular complexity index is 676. The van der Waals surface area contributed by atoms with E-state index < -0.39 is 0 Å². The van der Waals surface area contributed by atoms with Gasteiger partial charge in [-0.2, -0.15) is 0 Å². The number of fused-ring (bicyclic) bond motifs is 5. The van der Waals surface area contributed by atoms with Crippen LogP contribution in [0.2, 0.25) is 0 Å². The van der Waals surface area contributed by atoms with Crippen molar-refractivity contribution in [3.63, 3.8) is 0 Å². The van der Waals surface area contributed by atoms with Crippen molar-refractivity contribution >= 4 is 0 Å². The molecule has 1 heteroatoms. The second-order valence-corrected chi connectivity index (χ2v) is 12.4. The van der Waals surface area contributed by atoms with Crippen LogP contribution in [-0.4, -0.2) is 11.2 Å². The average molecular weight is 413 g/mol. The van der Waals surface area contributed by atoms with Crippen molar-refractivity contribution in [1.82, 2.24) is 0 Å². The molecule has 0 amide bonds. The summed E-state index contributed by atoms with van der Waals surface area (Å²) >= 11 is 0. The second-order valence-electron chi connectivity index (χ2n) is 12.4. The smallest absolute Gasteiger partial charge is 0.0543 e. The Labute approximate surface area is 186 Å². The molecule has 0 aliphatic heterocycles. The van der Waals surface area contributed by atoms with Crippen molar-refractivity contribution in [2.24, 2.45) is 46.3 Å². The highest BCUT2D eigenvalue weighted by Gasteiger charge is 2.58. The van der Waals surface area contributed by atoms with Crippen molar-refractivity contribution < 1.29 is 5.11 Å². The van der Waals surface area contributed by atoms with E-state index in [1.165, 1.54) is 63.4 Å². The zero-order valence-corrected chi connectivity index (χ0v) is 20.6. The molecule has 4 aliphatic carbocycles. The fraction of sp³-hybridized carbons (Fsp3) is 0.862. The summed E-state index contributed by atoms with van der Waals surface area (Å²) in [6, 6.07) is 0. The Morgan fingerprint density at radius 2 is 1.80 bits per heavy atom. The topological polar surface area (TPSA) is 20.2 Å². The van der Waals surface area contributed by atoms with Crippen LogP contribution in [0.3, 0.4) is 0 Å². The van der Waals surface area contributed by atoms with Crippen molar-refractivity contribution in [2.75, 3.05) is 0 Å². The van der Waals surface area contributed by atoms with Crippen molar-refractivity contribution in [3.05, 3.63) is 23.8 Å². The van der Waals surface area contributed by atoms with Crippen LogP contribution in [0, 0.1) is 46.3 Å². The van der Waals surface area contributed by atoms with E-state index in [0.29, 0.717) is 22.7 Å². The Hall–Kier alpha value is -0.560. The summed E-state index contributed by atoms with van der Waals surface area (Å²) in [5.74, 6) is 4.78. The van der Waals surface area contributed by atoms with Crippen LogP contribution >= 0.6 is 0 Å². The van der Waals surface area contributed by atoms with E-state index in [2.05, 4.69) is 47.3 Å². The van der Waals surface area contributed by atoms with E-state index in [9.17, 15) is 5.11 Å². The molecule has 4 aliphatic rings. The van der Waals surface area contributed by atoms with Crippen LogP contribution in [0.15, 0.2) is 23.8 Å². The van der Waals surface area contributed by atoms with Gasteiger partial charge >= 0.3 is 0 Å². The lowest BCUT2D eigenvalue weighted by Gasteiger charge is -2.57. The molecule has 0 spiro atoms. The molecule has 3 saturated carbocycles. The SMILES string of the molecule is C=C(C)[C@@H](CC)CC[C@@H](C)[C@H]1CC[C@H]2C3=CC[C@H]4C[C@@H](O)CC[C@]4(C)[C@H]3CC[C@]12C. The van der Waals surface area contributed by atoms with Gasteiger partial charge in [-0.15, -0.1) is 0 Å². The predicted molar refractivity (Wildman–Crippen MR) is 128 cm³/mol.